The van der Waals surface area contributed by atoms with Gasteiger partial charge in [-0.25, -0.2) is 4.98 Å². The van der Waals surface area contributed by atoms with Crippen LogP contribution in [0.4, 0.5) is 13.2 Å². The fourth-order valence-corrected chi connectivity index (χ4v) is 4.23. The van der Waals surface area contributed by atoms with Gasteiger partial charge in [0.25, 0.3) is 0 Å². The average Bonchev–Trinajstić information content (AvgIpc) is 2.72. The molecule has 0 aromatic carbocycles. The summed E-state index contributed by atoms with van der Waals surface area (Å²) in [4.78, 5) is 16.6. The molecular weight excluding hydrogens is 397 g/mol. The second-order valence-corrected chi connectivity index (χ2v) is 8.57. The zero-order chi connectivity index (χ0) is 21.8. The number of aromatic nitrogens is 1. The normalized spacial score (nSPS) is 27.0. The van der Waals surface area contributed by atoms with Crippen molar-refractivity contribution in [1.29, 1.82) is 0 Å². The Hall–Kier alpha value is -1.83. The molecule has 1 aromatic rings. The van der Waals surface area contributed by atoms with Crippen molar-refractivity contribution in [1.82, 2.24) is 10.3 Å². The van der Waals surface area contributed by atoms with Crippen molar-refractivity contribution in [2.45, 2.75) is 83.2 Å². The van der Waals surface area contributed by atoms with E-state index in [2.05, 4.69) is 17.2 Å². The van der Waals surface area contributed by atoms with Crippen LogP contribution in [-0.2, 0) is 15.7 Å². The minimum atomic E-state index is -4.44. The van der Waals surface area contributed by atoms with Crippen molar-refractivity contribution in [3.8, 4) is 5.88 Å². The molecule has 3 fully saturated rings. The van der Waals surface area contributed by atoms with Gasteiger partial charge in [-0.3, -0.25) is 10.1 Å². The number of carbonyl (C=O) groups excluding carboxylic acids is 1. The van der Waals surface area contributed by atoms with Gasteiger partial charge < -0.3 is 9.47 Å². The topological polar surface area (TPSA) is 60.5 Å². The van der Waals surface area contributed by atoms with Crippen molar-refractivity contribution in [2.75, 3.05) is 6.54 Å². The van der Waals surface area contributed by atoms with Gasteiger partial charge in [0.2, 0.25) is 11.6 Å². The molecule has 4 atom stereocenters. The van der Waals surface area contributed by atoms with Gasteiger partial charge in [0.05, 0.1) is 11.5 Å². The largest absolute Gasteiger partial charge is 0.469 e. The van der Waals surface area contributed by atoms with Gasteiger partial charge in [-0.15, -0.1) is 0 Å². The number of unbranched alkanes of at least 4 members (excludes halogenated alkanes) is 3. The fourth-order valence-electron chi connectivity index (χ4n) is 4.23. The summed E-state index contributed by atoms with van der Waals surface area (Å²) in [6.45, 7) is 4.76. The molecule has 2 saturated heterocycles. The lowest BCUT2D eigenvalue weighted by Gasteiger charge is -2.50. The predicted molar refractivity (Wildman–Crippen MR) is 106 cm³/mol. The molecule has 1 aromatic heterocycles. The zero-order valence-electron chi connectivity index (χ0n) is 17.6. The number of alkyl halides is 3. The maximum atomic E-state index is 12.8. The van der Waals surface area contributed by atoms with Gasteiger partial charge in [-0.05, 0) is 31.2 Å². The summed E-state index contributed by atoms with van der Waals surface area (Å²) in [6, 6.07) is 2.17. The summed E-state index contributed by atoms with van der Waals surface area (Å²) in [7, 11) is 0. The first-order valence-corrected chi connectivity index (χ1v) is 10.9. The van der Waals surface area contributed by atoms with Crippen molar-refractivity contribution < 1.29 is 27.4 Å². The summed E-state index contributed by atoms with van der Waals surface area (Å²) in [5.74, 6) is 0.0257. The van der Waals surface area contributed by atoms with E-state index in [1.165, 1.54) is 6.07 Å². The van der Waals surface area contributed by atoms with Crippen molar-refractivity contribution in [3.63, 3.8) is 0 Å². The summed E-state index contributed by atoms with van der Waals surface area (Å²) >= 11 is 0. The SMILES string of the molecule is CCCCCCC(C)C(=O)O[C@]12CC[C@@H](CN1)C[C@H]2Oc1ccc(C(F)(F)F)cn1. The number of nitrogens with one attached hydrogen (secondary N) is 1. The Morgan fingerprint density at radius 2 is 2.13 bits per heavy atom. The zero-order valence-corrected chi connectivity index (χ0v) is 17.6. The van der Waals surface area contributed by atoms with Crippen LogP contribution in [0.1, 0.15) is 70.8 Å². The van der Waals surface area contributed by atoms with Gasteiger partial charge in [-0.1, -0.05) is 39.5 Å². The van der Waals surface area contributed by atoms with Crippen LogP contribution in [0.3, 0.4) is 0 Å². The van der Waals surface area contributed by atoms with Crippen LogP contribution in [0.2, 0.25) is 0 Å². The summed E-state index contributed by atoms with van der Waals surface area (Å²) in [5.41, 5.74) is -1.77. The molecule has 4 rings (SSSR count). The molecule has 2 aliphatic heterocycles. The molecule has 0 spiro atoms. The third kappa shape index (κ3) is 5.45. The lowest BCUT2D eigenvalue weighted by atomic mass is 9.76. The minimum Gasteiger partial charge on any atom is -0.469 e. The first-order valence-electron chi connectivity index (χ1n) is 10.9. The molecular formula is C22H31F3N2O3. The molecule has 3 aliphatic rings. The second kappa shape index (κ2) is 9.54. The van der Waals surface area contributed by atoms with Gasteiger partial charge in [-0.2, -0.15) is 13.2 Å². The van der Waals surface area contributed by atoms with Crippen LogP contribution in [-0.4, -0.2) is 29.3 Å². The van der Waals surface area contributed by atoms with Crippen molar-refractivity contribution in [2.24, 2.45) is 11.8 Å². The first-order chi connectivity index (χ1) is 14.2. The fraction of sp³-hybridized carbons (Fsp3) is 0.727. The molecule has 1 N–H and O–H groups in total. The lowest BCUT2D eigenvalue weighted by Crippen LogP contribution is -2.67. The number of carbonyl (C=O) groups is 1. The number of halogens is 3. The molecule has 0 radical (unpaired) electrons. The molecule has 30 heavy (non-hydrogen) atoms. The van der Waals surface area contributed by atoms with Gasteiger partial charge in [0.1, 0.15) is 0 Å². The van der Waals surface area contributed by atoms with Gasteiger partial charge in [0.15, 0.2) is 6.10 Å². The Kier molecular flexibility index (Phi) is 7.26. The molecule has 3 heterocycles. The molecule has 1 unspecified atom stereocenters. The third-order valence-electron chi connectivity index (χ3n) is 6.18. The number of fused-ring (bicyclic) bond motifs is 3. The number of hydrogen-bond donors (Lipinski definition) is 1. The van der Waals surface area contributed by atoms with E-state index < -0.39 is 23.6 Å². The highest BCUT2D eigenvalue weighted by atomic mass is 19.4. The molecule has 5 nitrogen and oxygen atoms in total. The highest BCUT2D eigenvalue weighted by molar-refractivity contribution is 5.72. The van der Waals surface area contributed by atoms with E-state index in [0.717, 1.165) is 57.3 Å². The average molecular weight is 428 g/mol. The second-order valence-electron chi connectivity index (χ2n) is 8.57. The van der Waals surface area contributed by atoms with Crippen LogP contribution >= 0.6 is 0 Å². The van der Waals surface area contributed by atoms with E-state index in [1.54, 1.807) is 0 Å². The Balaban J connectivity index is 1.64. The van der Waals surface area contributed by atoms with E-state index >= 15 is 0 Å². The van der Waals surface area contributed by atoms with Crippen molar-refractivity contribution >= 4 is 5.97 Å². The summed E-state index contributed by atoms with van der Waals surface area (Å²) < 4.78 is 50.2. The number of esters is 1. The van der Waals surface area contributed by atoms with Crippen LogP contribution in [0.15, 0.2) is 18.3 Å². The number of piperidine rings is 2. The molecule has 1 saturated carbocycles. The summed E-state index contributed by atoms with van der Waals surface area (Å²) in [5, 5.41) is 3.32. The number of nitrogens with zero attached hydrogens (tertiary/aromatic N) is 1. The number of ether oxygens (including phenoxy) is 2. The maximum Gasteiger partial charge on any atom is 0.417 e. The Morgan fingerprint density at radius 3 is 2.73 bits per heavy atom. The van der Waals surface area contributed by atoms with Gasteiger partial charge >= 0.3 is 12.1 Å². The predicted octanol–water partition coefficient (Wildman–Crippen LogP) is 5.10. The van der Waals surface area contributed by atoms with Crippen LogP contribution in [0.25, 0.3) is 0 Å². The quantitative estimate of drug-likeness (QED) is 0.438. The standard InChI is InChI=1S/C22H31F3N2O3/c1-3-4-5-6-7-15(2)20(28)30-21-11-10-16(13-27-21)12-18(21)29-19-9-8-17(14-26-19)22(23,24)25/h8-9,14-16,18,27H,3-7,10-13H2,1-2H3/t15?,16-,18-,21+/m1/s1. The van der Waals surface area contributed by atoms with E-state index in [-0.39, 0.29) is 17.8 Å². The minimum absolute atomic E-state index is 0.102. The van der Waals surface area contributed by atoms with Crippen molar-refractivity contribution in [3.05, 3.63) is 23.9 Å². The molecule has 0 amide bonds. The van der Waals surface area contributed by atoms with E-state index in [1.807, 2.05) is 6.92 Å². The van der Waals surface area contributed by atoms with Crippen LogP contribution in [0.5, 0.6) is 5.88 Å². The van der Waals surface area contributed by atoms with Gasteiger partial charge in [0, 0.05) is 25.2 Å². The third-order valence-corrected chi connectivity index (χ3v) is 6.18. The Morgan fingerprint density at radius 1 is 1.33 bits per heavy atom. The molecule has 8 heteroatoms. The van der Waals surface area contributed by atoms with Crippen LogP contribution < -0.4 is 10.1 Å². The molecule has 2 bridgehead atoms. The van der Waals surface area contributed by atoms with E-state index in [9.17, 15) is 18.0 Å². The van der Waals surface area contributed by atoms with Crippen LogP contribution in [0, 0.1) is 11.8 Å². The number of rotatable bonds is 9. The number of pyridine rings is 1. The first kappa shape index (κ1) is 22.8. The monoisotopic (exact) mass is 428 g/mol. The lowest BCUT2D eigenvalue weighted by molar-refractivity contribution is -0.203. The highest BCUT2D eigenvalue weighted by Gasteiger charge is 2.53. The summed E-state index contributed by atoms with van der Waals surface area (Å²) in [6.07, 6.45) is 3.23. The maximum absolute atomic E-state index is 12.8. The smallest absolute Gasteiger partial charge is 0.417 e. The van der Waals surface area contributed by atoms with E-state index in [4.69, 9.17) is 9.47 Å². The molecule has 1 aliphatic carbocycles. The molecule has 168 valence electrons. The Bertz CT molecular complexity index is 701. The van der Waals surface area contributed by atoms with E-state index in [0.29, 0.717) is 18.8 Å². The highest BCUT2D eigenvalue weighted by Crippen LogP contribution is 2.40. The number of hydrogen-bond acceptors (Lipinski definition) is 5. The Labute approximate surface area is 175 Å².